The van der Waals surface area contributed by atoms with E-state index in [1.165, 1.54) is 4.68 Å². The quantitative estimate of drug-likeness (QED) is 0.665. The number of nitrogens with zero attached hydrogens (tertiary/aromatic N) is 3. The minimum absolute atomic E-state index is 0.228. The number of carbonyl (C=O) groups excluding carboxylic acids is 1. The van der Waals surface area contributed by atoms with E-state index in [0.717, 1.165) is 5.56 Å². The molecule has 1 aromatic heterocycles. The standard InChI is InChI=1S/C17H15Cl2N3O3/c1-3-24-12-4-5-15-14(8-12)20-21-22(15)16(23)9-25-17-10(2)6-11(18)7-13(17)19/h4-8H,3,9H2,1-2H3. The third-order valence-corrected chi connectivity index (χ3v) is 4.00. The fraction of sp³-hybridized carbons (Fsp3) is 0.235. The van der Waals surface area contributed by atoms with Crippen LogP contribution in [0.25, 0.3) is 11.0 Å². The number of halogens is 2. The van der Waals surface area contributed by atoms with Crippen LogP contribution in [0.2, 0.25) is 10.0 Å². The molecule has 0 spiro atoms. The van der Waals surface area contributed by atoms with Gasteiger partial charge in [0, 0.05) is 11.1 Å². The molecule has 0 saturated carbocycles. The minimum atomic E-state index is -0.364. The second-order valence-electron chi connectivity index (χ2n) is 5.30. The van der Waals surface area contributed by atoms with Gasteiger partial charge in [0.2, 0.25) is 0 Å². The molecule has 6 nitrogen and oxygen atoms in total. The first-order valence-corrected chi connectivity index (χ1v) is 8.35. The maximum Gasteiger partial charge on any atom is 0.286 e. The van der Waals surface area contributed by atoms with E-state index in [4.69, 9.17) is 32.7 Å². The molecule has 8 heteroatoms. The van der Waals surface area contributed by atoms with Gasteiger partial charge in [-0.2, -0.15) is 4.68 Å². The van der Waals surface area contributed by atoms with Crippen molar-refractivity contribution in [3.8, 4) is 11.5 Å². The Balaban J connectivity index is 1.79. The fourth-order valence-corrected chi connectivity index (χ4v) is 3.06. The van der Waals surface area contributed by atoms with Gasteiger partial charge in [-0.15, -0.1) is 5.10 Å². The molecule has 0 saturated heterocycles. The van der Waals surface area contributed by atoms with Crippen LogP contribution in [-0.4, -0.2) is 34.1 Å². The summed E-state index contributed by atoms with van der Waals surface area (Å²) in [4.78, 5) is 12.4. The molecule has 3 rings (SSSR count). The number of hydrogen-bond donors (Lipinski definition) is 0. The molecule has 0 fully saturated rings. The van der Waals surface area contributed by atoms with E-state index in [-0.39, 0.29) is 12.5 Å². The van der Waals surface area contributed by atoms with E-state index in [9.17, 15) is 4.79 Å². The molecule has 0 radical (unpaired) electrons. The molecule has 0 amide bonds. The van der Waals surface area contributed by atoms with Crippen LogP contribution >= 0.6 is 23.2 Å². The molecule has 25 heavy (non-hydrogen) atoms. The summed E-state index contributed by atoms with van der Waals surface area (Å²) in [6.45, 7) is 4.02. The summed E-state index contributed by atoms with van der Waals surface area (Å²) >= 11 is 12.0. The molecule has 3 aromatic rings. The van der Waals surface area contributed by atoms with E-state index in [0.29, 0.717) is 39.2 Å². The van der Waals surface area contributed by atoms with Crippen LogP contribution in [0.4, 0.5) is 0 Å². The normalized spacial score (nSPS) is 10.9. The Kier molecular flexibility index (Phi) is 5.11. The van der Waals surface area contributed by atoms with Crippen molar-refractivity contribution in [1.82, 2.24) is 15.0 Å². The van der Waals surface area contributed by atoms with Crippen LogP contribution < -0.4 is 9.47 Å². The summed E-state index contributed by atoms with van der Waals surface area (Å²) in [5, 5.41) is 8.75. The van der Waals surface area contributed by atoms with Crippen LogP contribution in [0.5, 0.6) is 11.5 Å². The van der Waals surface area contributed by atoms with Gasteiger partial charge in [-0.05, 0) is 43.7 Å². The van der Waals surface area contributed by atoms with Gasteiger partial charge in [-0.25, -0.2) is 0 Å². The first-order chi connectivity index (χ1) is 12.0. The molecular formula is C17H15Cl2N3O3. The highest BCUT2D eigenvalue weighted by Gasteiger charge is 2.15. The van der Waals surface area contributed by atoms with E-state index < -0.39 is 0 Å². The fourth-order valence-electron chi connectivity index (χ4n) is 2.41. The highest BCUT2D eigenvalue weighted by atomic mass is 35.5. The Morgan fingerprint density at radius 2 is 2.00 bits per heavy atom. The summed E-state index contributed by atoms with van der Waals surface area (Å²) in [5.41, 5.74) is 1.89. The van der Waals surface area contributed by atoms with Gasteiger partial charge in [-0.3, -0.25) is 4.79 Å². The van der Waals surface area contributed by atoms with Crippen molar-refractivity contribution in [2.45, 2.75) is 13.8 Å². The number of carbonyl (C=O) groups is 1. The lowest BCUT2D eigenvalue weighted by Gasteiger charge is -2.11. The van der Waals surface area contributed by atoms with Gasteiger partial charge >= 0.3 is 0 Å². The molecule has 2 aromatic carbocycles. The monoisotopic (exact) mass is 379 g/mol. The maximum atomic E-state index is 12.4. The van der Waals surface area contributed by atoms with Crippen LogP contribution in [0.15, 0.2) is 30.3 Å². The van der Waals surface area contributed by atoms with Crippen LogP contribution in [0.1, 0.15) is 17.3 Å². The predicted octanol–water partition coefficient (Wildman–Crippen LogP) is 4.16. The molecule has 0 N–H and O–H groups in total. The van der Waals surface area contributed by atoms with Crippen molar-refractivity contribution in [3.05, 3.63) is 45.9 Å². The molecule has 0 bridgehead atoms. The largest absolute Gasteiger partial charge is 0.494 e. The zero-order chi connectivity index (χ0) is 18.0. The van der Waals surface area contributed by atoms with Gasteiger partial charge in [0.1, 0.15) is 17.0 Å². The lowest BCUT2D eigenvalue weighted by atomic mass is 10.2. The molecule has 0 aliphatic carbocycles. The Morgan fingerprint density at radius 1 is 1.20 bits per heavy atom. The van der Waals surface area contributed by atoms with E-state index in [1.54, 1.807) is 37.3 Å². The predicted molar refractivity (Wildman–Crippen MR) is 96.0 cm³/mol. The smallest absolute Gasteiger partial charge is 0.286 e. The summed E-state index contributed by atoms with van der Waals surface area (Å²) in [7, 11) is 0. The second kappa shape index (κ2) is 7.29. The topological polar surface area (TPSA) is 66.2 Å². The lowest BCUT2D eigenvalue weighted by Crippen LogP contribution is -2.20. The van der Waals surface area contributed by atoms with Crippen molar-refractivity contribution in [1.29, 1.82) is 0 Å². The van der Waals surface area contributed by atoms with Gasteiger partial charge < -0.3 is 9.47 Å². The summed E-state index contributed by atoms with van der Waals surface area (Å²) < 4.78 is 12.2. The average molecular weight is 380 g/mol. The summed E-state index contributed by atoms with van der Waals surface area (Å²) in [6, 6.07) is 8.51. The third kappa shape index (κ3) is 3.70. The van der Waals surface area contributed by atoms with E-state index >= 15 is 0 Å². The Bertz CT molecular complexity index is 917. The van der Waals surface area contributed by atoms with Crippen molar-refractivity contribution in [2.75, 3.05) is 13.2 Å². The second-order valence-corrected chi connectivity index (χ2v) is 6.14. The highest BCUT2D eigenvalue weighted by molar-refractivity contribution is 6.35. The van der Waals surface area contributed by atoms with Crippen molar-refractivity contribution in [3.63, 3.8) is 0 Å². The molecule has 0 atom stereocenters. The lowest BCUT2D eigenvalue weighted by molar-refractivity contribution is 0.0824. The average Bonchev–Trinajstić information content (AvgIpc) is 2.97. The van der Waals surface area contributed by atoms with Crippen molar-refractivity contribution >= 4 is 40.1 Å². The van der Waals surface area contributed by atoms with Crippen LogP contribution in [0, 0.1) is 6.92 Å². The number of aryl methyl sites for hydroxylation is 1. The van der Waals surface area contributed by atoms with Crippen LogP contribution in [0.3, 0.4) is 0 Å². The number of hydrogen-bond acceptors (Lipinski definition) is 5. The number of rotatable bonds is 5. The molecule has 0 aliphatic rings. The minimum Gasteiger partial charge on any atom is -0.494 e. The first kappa shape index (κ1) is 17.5. The number of aromatic nitrogens is 3. The Labute approximate surface area is 154 Å². The Hall–Kier alpha value is -2.31. The van der Waals surface area contributed by atoms with Gasteiger partial charge in [-0.1, -0.05) is 28.4 Å². The number of benzene rings is 2. The molecule has 1 heterocycles. The molecular weight excluding hydrogens is 365 g/mol. The van der Waals surface area contributed by atoms with Gasteiger partial charge in [0.25, 0.3) is 5.91 Å². The maximum absolute atomic E-state index is 12.4. The highest BCUT2D eigenvalue weighted by Crippen LogP contribution is 2.31. The van der Waals surface area contributed by atoms with Gasteiger partial charge in [0.05, 0.1) is 17.1 Å². The Morgan fingerprint density at radius 3 is 2.72 bits per heavy atom. The number of fused-ring (bicyclic) bond motifs is 1. The molecule has 0 aliphatic heterocycles. The van der Waals surface area contributed by atoms with E-state index in [2.05, 4.69) is 10.3 Å². The summed E-state index contributed by atoms with van der Waals surface area (Å²) in [5.74, 6) is 0.730. The first-order valence-electron chi connectivity index (χ1n) is 7.59. The van der Waals surface area contributed by atoms with Crippen LogP contribution in [-0.2, 0) is 0 Å². The number of ether oxygens (including phenoxy) is 2. The third-order valence-electron chi connectivity index (χ3n) is 3.50. The van der Waals surface area contributed by atoms with Gasteiger partial charge in [0.15, 0.2) is 6.61 Å². The zero-order valence-electron chi connectivity index (χ0n) is 13.6. The SMILES string of the molecule is CCOc1ccc2c(c1)nnn2C(=O)COc1c(C)cc(Cl)cc1Cl. The zero-order valence-corrected chi connectivity index (χ0v) is 15.1. The summed E-state index contributed by atoms with van der Waals surface area (Å²) in [6.07, 6.45) is 0. The van der Waals surface area contributed by atoms with E-state index in [1.807, 2.05) is 6.92 Å². The van der Waals surface area contributed by atoms with Crippen molar-refractivity contribution < 1.29 is 14.3 Å². The van der Waals surface area contributed by atoms with Crippen molar-refractivity contribution in [2.24, 2.45) is 0 Å². The molecule has 0 unspecified atom stereocenters. The molecule has 130 valence electrons.